The van der Waals surface area contributed by atoms with Crippen LogP contribution in [0.4, 0.5) is 0 Å². The highest BCUT2D eigenvalue weighted by Crippen LogP contribution is 2.01. The van der Waals surface area contributed by atoms with Crippen molar-refractivity contribution in [2.75, 3.05) is 13.1 Å². The van der Waals surface area contributed by atoms with Crippen LogP contribution < -0.4 is 10.6 Å². The van der Waals surface area contributed by atoms with E-state index in [9.17, 15) is 9.59 Å². The van der Waals surface area contributed by atoms with Crippen molar-refractivity contribution in [2.24, 2.45) is 5.92 Å². The van der Waals surface area contributed by atoms with E-state index in [0.29, 0.717) is 13.0 Å². The van der Waals surface area contributed by atoms with Crippen molar-refractivity contribution < 1.29 is 14.7 Å². The molecule has 0 saturated carbocycles. The molecule has 0 spiro atoms. The summed E-state index contributed by atoms with van der Waals surface area (Å²) in [6.07, 6.45) is 0.310. The topological polar surface area (TPSA) is 78.4 Å². The molecule has 0 aromatic carbocycles. The molecule has 16 heavy (non-hydrogen) atoms. The summed E-state index contributed by atoms with van der Waals surface area (Å²) >= 11 is 0. The number of aliphatic carboxylic acids is 1. The van der Waals surface area contributed by atoms with E-state index in [0.717, 1.165) is 6.54 Å². The fourth-order valence-corrected chi connectivity index (χ4v) is 1.14. The van der Waals surface area contributed by atoms with Gasteiger partial charge in [0.1, 0.15) is 6.04 Å². The average Bonchev–Trinajstić information content (AvgIpc) is 2.13. The van der Waals surface area contributed by atoms with Crippen molar-refractivity contribution in [3.05, 3.63) is 0 Å². The van der Waals surface area contributed by atoms with Gasteiger partial charge in [0.2, 0.25) is 5.91 Å². The number of halogens is 1. The molecule has 0 aliphatic rings. The zero-order valence-corrected chi connectivity index (χ0v) is 10.8. The molecule has 0 aromatic rings. The number of carbonyl (C=O) groups excluding carboxylic acids is 1. The lowest BCUT2D eigenvalue weighted by Crippen LogP contribution is -2.44. The summed E-state index contributed by atoms with van der Waals surface area (Å²) in [5, 5.41) is 14.3. The van der Waals surface area contributed by atoms with Crippen LogP contribution in [0.15, 0.2) is 0 Å². The number of carbonyl (C=O) groups is 2. The maximum atomic E-state index is 11.3. The second-order valence-electron chi connectivity index (χ2n) is 3.73. The highest BCUT2D eigenvalue weighted by atomic mass is 35.5. The van der Waals surface area contributed by atoms with Gasteiger partial charge < -0.3 is 15.7 Å². The molecule has 0 aliphatic heterocycles. The van der Waals surface area contributed by atoms with E-state index in [2.05, 4.69) is 10.6 Å². The van der Waals surface area contributed by atoms with E-state index in [-0.39, 0.29) is 24.2 Å². The van der Waals surface area contributed by atoms with Crippen LogP contribution in [0.2, 0.25) is 0 Å². The predicted molar refractivity (Wildman–Crippen MR) is 64.8 cm³/mol. The van der Waals surface area contributed by atoms with Crippen LogP contribution in [0, 0.1) is 5.92 Å². The van der Waals surface area contributed by atoms with Gasteiger partial charge in [0.15, 0.2) is 0 Å². The predicted octanol–water partition coefficient (Wildman–Crippen LogP) is 0.633. The Labute approximate surface area is 102 Å². The van der Waals surface area contributed by atoms with Gasteiger partial charge in [-0.05, 0) is 12.5 Å². The standard InChI is InChI=1S/C10H20N2O3.ClH/c1-4-11-6-5-8(13)12-9(7(2)3)10(14)15;/h7,9,11H,4-6H2,1-3H3,(H,12,13)(H,14,15);1H/t9-;/m0./s1. The van der Waals surface area contributed by atoms with Crippen LogP contribution >= 0.6 is 12.4 Å². The lowest BCUT2D eigenvalue weighted by atomic mass is 10.0. The Balaban J connectivity index is 0. The van der Waals surface area contributed by atoms with Crippen LogP contribution in [-0.4, -0.2) is 36.1 Å². The lowest BCUT2D eigenvalue weighted by Gasteiger charge is -2.17. The Morgan fingerprint density at radius 3 is 2.25 bits per heavy atom. The summed E-state index contributed by atoms with van der Waals surface area (Å²) < 4.78 is 0. The lowest BCUT2D eigenvalue weighted by molar-refractivity contribution is -0.143. The Morgan fingerprint density at radius 1 is 1.31 bits per heavy atom. The summed E-state index contributed by atoms with van der Waals surface area (Å²) in [7, 11) is 0. The van der Waals surface area contributed by atoms with Crippen molar-refractivity contribution in [3.63, 3.8) is 0 Å². The maximum Gasteiger partial charge on any atom is 0.326 e. The number of hydrogen-bond donors (Lipinski definition) is 3. The second kappa shape index (κ2) is 9.42. The molecule has 0 bridgehead atoms. The third-order valence-corrected chi connectivity index (χ3v) is 2.03. The Morgan fingerprint density at radius 2 is 1.88 bits per heavy atom. The summed E-state index contributed by atoms with van der Waals surface area (Å²) in [6.45, 7) is 6.87. The first-order valence-corrected chi connectivity index (χ1v) is 5.22. The molecular weight excluding hydrogens is 232 g/mol. The second-order valence-corrected chi connectivity index (χ2v) is 3.73. The number of hydrogen-bond acceptors (Lipinski definition) is 3. The van der Waals surface area contributed by atoms with Crippen LogP contribution in [-0.2, 0) is 9.59 Å². The van der Waals surface area contributed by atoms with Gasteiger partial charge in [-0.2, -0.15) is 0 Å². The van der Waals surface area contributed by atoms with Crippen LogP contribution in [0.3, 0.4) is 0 Å². The van der Waals surface area contributed by atoms with E-state index < -0.39 is 12.0 Å². The first kappa shape index (κ1) is 17.6. The minimum Gasteiger partial charge on any atom is -0.480 e. The molecule has 0 unspecified atom stereocenters. The smallest absolute Gasteiger partial charge is 0.326 e. The van der Waals surface area contributed by atoms with E-state index in [1.807, 2.05) is 6.92 Å². The summed E-state index contributed by atoms with van der Waals surface area (Å²) in [4.78, 5) is 22.1. The monoisotopic (exact) mass is 252 g/mol. The molecule has 96 valence electrons. The Kier molecular flexibility index (Phi) is 10.3. The highest BCUT2D eigenvalue weighted by molar-refractivity contribution is 5.85. The van der Waals surface area contributed by atoms with Gasteiger partial charge in [0, 0.05) is 13.0 Å². The van der Waals surface area contributed by atoms with Gasteiger partial charge in [-0.3, -0.25) is 4.79 Å². The molecule has 0 radical (unpaired) electrons. The number of carboxylic acid groups (broad SMARTS) is 1. The number of carboxylic acids is 1. The first-order chi connectivity index (χ1) is 6.99. The third-order valence-electron chi connectivity index (χ3n) is 2.03. The van der Waals surface area contributed by atoms with Crippen molar-refractivity contribution in [1.29, 1.82) is 0 Å². The normalized spacial score (nSPS) is 11.8. The molecule has 3 N–H and O–H groups in total. The van der Waals surface area contributed by atoms with Crippen molar-refractivity contribution >= 4 is 24.3 Å². The molecule has 0 heterocycles. The fourth-order valence-electron chi connectivity index (χ4n) is 1.14. The summed E-state index contributed by atoms with van der Waals surface area (Å²) in [6, 6.07) is -0.792. The largest absolute Gasteiger partial charge is 0.480 e. The zero-order valence-electron chi connectivity index (χ0n) is 9.95. The van der Waals surface area contributed by atoms with Crippen molar-refractivity contribution in [1.82, 2.24) is 10.6 Å². The van der Waals surface area contributed by atoms with Crippen LogP contribution in [0.5, 0.6) is 0 Å². The molecule has 0 aromatic heterocycles. The third kappa shape index (κ3) is 7.48. The van der Waals surface area contributed by atoms with Gasteiger partial charge in [-0.25, -0.2) is 4.79 Å². The van der Waals surface area contributed by atoms with Gasteiger partial charge in [0.25, 0.3) is 0 Å². The Hall–Kier alpha value is -0.810. The van der Waals surface area contributed by atoms with Crippen molar-refractivity contribution in [2.45, 2.75) is 33.2 Å². The number of amides is 1. The highest BCUT2D eigenvalue weighted by Gasteiger charge is 2.22. The van der Waals surface area contributed by atoms with Gasteiger partial charge in [0.05, 0.1) is 0 Å². The molecule has 1 amide bonds. The summed E-state index contributed by atoms with van der Waals surface area (Å²) in [5.41, 5.74) is 0. The Bertz CT molecular complexity index is 222. The minimum absolute atomic E-state index is 0. The summed E-state index contributed by atoms with van der Waals surface area (Å²) in [5.74, 6) is -1.32. The van der Waals surface area contributed by atoms with E-state index in [1.54, 1.807) is 13.8 Å². The SMILES string of the molecule is CCNCCC(=O)N[C@H](C(=O)O)C(C)C.Cl. The first-order valence-electron chi connectivity index (χ1n) is 5.22. The maximum absolute atomic E-state index is 11.3. The quantitative estimate of drug-likeness (QED) is 0.581. The average molecular weight is 253 g/mol. The van der Waals surface area contributed by atoms with E-state index in [1.165, 1.54) is 0 Å². The molecule has 5 nitrogen and oxygen atoms in total. The van der Waals surface area contributed by atoms with Gasteiger partial charge in [-0.1, -0.05) is 20.8 Å². The molecule has 1 atom stereocenters. The molecule has 0 rings (SSSR count). The zero-order chi connectivity index (χ0) is 11.8. The fraction of sp³-hybridized carbons (Fsp3) is 0.800. The molecule has 0 fully saturated rings. The molecular formula is C10H21ClN2O3. The van der Waals surface area contributed by atoms with Gasteiger partial charge in [-0.15, -0.1) is 12.4 Å². The van der Waals surface area contributed by atoms with Crippen LogP contribution in [0.1, 0.15) is 27.2 Å². The van der Waals surface area contributed by atoms with Gasteiger partial charge >= 0.3 is 5.97 Å². The molecule has 0 aliphatic carbocycles. The van der Waals surface area contributed by atoms with E-state index >= 15 is 0 Å². The van der Waals surface area contributed by atoms with Crippen LogP contribution in [0.25, 0.3) is 0 Å². The number of rotatable bonds is 7. The van der Waals surface area contributed by atoms with E-state index in [4.69, 9.17) is 5.11 Å². The molecule has 6 heteroatoms. The molecule has 0 saturated heterocycles. The number of nitrogens with one attached hydrogen (secondary N) is 2. The minimum atomic E-state index is -0.984. The van der Waals surface area contributed by atoms with Crippen molar-refractivity contribution in [3.8, 4) is 0 Å².